The zero-order chi connectivity index (χ0) is 6.97. The van der Waals surface area contributed by atoms with Gasteiger partial charge in [-0.3, -0.25) is 0 Å². The molecule has 3 heteroatoms. The lowest BCUT2D eigenvalue weighted by Gasteiger charge is -1.84. The van der Waals surface area contributed by atoms with Crippen molar-refractivity contribution in [3.8, 4) is 0 Å². The van der Waals surface area contributed by atoms with E-state index in [1.807, 2.05) is 13.1 Å². The van der Waals surface area contributed by atoms with Crippen LogP contribution < -0.4 is 4.98 Å². The molecular formula is C7H8N3+. The van der Waals surface area contributed by atoms with Gasteiger partial charge in [-0.2, -0.15) is 0 Å². The monoisotopic (exact) mass is 134 g/mol. The quantitative estimate of drug-likeness (QED) is 0.565. The van der Waals surface area contributed by atoms with Crippen molar-refractivity contribution in [3.05, 3.63) is 24.0 Å². The summed E-state index contributed by atoms with van der Waals surface area (Å²) < 4.78 is 0. The third-order valence-corrected chi connectivity index (χ3v) is 1.50. The maximum atomic E-state index is 3.89. The molecule has 0 amide bonds. The second kappa shape index (κ2) is 1.80. The molecule has 0 aliphatic heterocycles. The molecule has 50 valence electrons. The molecular weight excluding hydrogens is 126 g/mol. The van der Waals surface area contributed by atoms with Crippen LogP contribution in [-0.4, -0.2) is 10.2 Å². The molecule has 2 rings (SSSR count). The van der Waals surface area contributed by atoms with Gasteiger partial charge in [-0.1, -0.05) is 5.10 Å². The summed E-state index contributed by atoms with van der Waals surface area (Å²) in [5.41, 5.74) is 2.19. The van der Waals surface area contributed by atoms with Crippen LogP contribution in [0, 0.1) is 6.92 Å². The fraction of sp³-hybridized carbons (Fsp3) is 0.143. The minimum absolute atomic E-state index is 0.977. The van der Waals surface area contributed by atoms with E-state index in [1.165, 1.54) is 5.56 Å². The van der Waals surface area contributed by atoms with Crippen molar-refractivity contribution in [2.75, 3.05) is 0 Å². The lowest BCUT2D eigenvalue weighted by molar-refractivity contribution is -0.348. The average Bonchev–Trinajstić information content (AvgIpc) is 2.33. The number of H-pyrrole nitrogens is 2. The highest BCUT2D eigenvalue weighted by Crippen LogP contribution is 2.04. The van der Waals surface area contributed by atoms with Gasteiger partial charge in [-0.05, 0) is 18.6 Å². The molecule has 0 fully saturated rings. The van der Waals surface area contributed by atoms with E-state index in [0.29, 0.717) is 0 Å². The molecule has 0 aliphatic carbocycles. The Kier molecular flexibility index (Phi) is 0.974. The average molecular weight is 134 g/mol. The van der Waals surface area contributed by atoms with Gasteiger partial charge in [0.2, 0.25) is 0 Å². The van der Waals surface area contributed by atoms with Gasteiger partial charge in [0, 0.05) is 0 Å². The highest BCUT2D eigenvalue weighted by atomic mass is 15.1. The van der Waals surface area contributed by atoms with Crippen molar-refractivity contribution >= 4 is 11.0 Å². The molecule has 0 unspecified atom stereocenters. The number of rotatable bonds is 0. The molecule has 0 atom stereocenters. The largest absolute Gasteiger partial charge is 0.306 e. The van der Waals surface area contributed by atoms with E-state index in [2.05, 4.69) is 21.2 Å². The summed E-state index contributed by atoms with van der Waals surface area (Å²) in [5, 5.41) is 7.85. The Labute approximate surface area is 58.1 Å². The summed E-state index contributed by atoms with van der Waals surface area (Å²) in [7, 11) is 0. The molecule has 0 spiro atoms. The molecule has 2 heterocycles. The van der Waals surface area contributed by atoms with Gasteiger partial charge >= 0.3 is 5.65 Å². The smallest absolute Gasteiger partial charge is 0.245 e. The van der Waals surface area contributed by atoms with E-state index in [0.717, 1.165) is 11.0 Å². The first-order chi connectivity index (χ1) is 4.86. The van der Waals surface area contributed by atoms with Crippen molar-refractivity contribution in [1.82, 2.24) is 10.2 Å². The Hall–Kier alpha value is -1.38. The molecule has 2 N–H and O–H groups in total. The molecule has 0 bridgehead atoms. The van der Waals surface area contributed by atoms with E-state index in [4.69, 9.17) is 0 Å². The first-order valence-corrected chi connectivity index (χ1v) is 3.18. The van der Waals surface area contributed by atoms with Gasteiger partial charge in [-0.25, -0.2) is 4.98 Å². The van der Waals surface area contributed by atoms with Crippen molar-refractivity contribution in [3.63, 3.8) is 0 Å². The molecule has 0 aliphatic rings. The molecule has 3 nitrogen and oxygen atoms in total. The SMILES string of the molecule is Cc1c[nH+]c2[nH]ncc2c1. The molecule has 10 heavy (non-hydrogen) atoms. The second-order valence-corrected chi connectivity index (χ2v) is 2.38. The zero-order valence-corrected chi connectivity index (χ0v) is 5.68. The summed E-state index contributed by atoms with van der Waals surface area (Å²) in [6.07, 6.45) is 3.75. The number of aryl methyl sites for hydroxylation is 1. The lowest BCUT2D eigenvalue weighted by atomic mass is 10.3. The van der Waals surface area contributed by atoms with Crippen LogP contribution in [0.1, 0.15) is 5.56 Å². The van der Waals surface area contributed by atoms with Crippen LogP contribution in [0.3, 0.4) is 0 Å². The maximum Gasteiger partial charge on any atom is 0.306 e. The van der Waals surface area contributed by atoms with Gasteiger partial charge in [-0.15, -0.1) is 5.10 Å². The van der Waals surface area contributed by atoms with Crippen molar-refractivity contribution in [2.24, 2.45) is 0 Å². The number of pyridine rings is 1. The summed E-state index contributed by atoms with van der Waals surface area (Å²) in [6, 6.07) is 2.08. The number of fused-ring (bicyclic) bond motifs is 1. The van der Waals surface area contributed by atoms with Gasteiger partial charge in [0.05, 0.1) is 17.8 Å². The number of hydrogen-bond acceptors (Lipinski definition) is 1. The zero-order valence-electron chi connectivity index (χ0n) is 5.68. The second-order valence-electron chi connectivity index (χ2n) is 2.38. The third-order valence-electron chi connectivity index (χ3n) is 1.50. The molecule has 0 saturated heterocycles. The topological polar surface area (TPSA) is 42.8 Å². The van der Waals surface area contributed by atoms with Crippen molar-refractivity contribution in [1.29, 1.82) is 0 Å². The summed E-state index contributed by atoms with van der Waals surface area (Å²) in [6.45, 7) is 2.04. The normalized spacial score (nSPS) is 10.5. The number of nitrogens with one attached hydrogen (secondary N) is 2. The minimum Gasteiger partial charge on any atom is -0.245 e. The van der Waals surface area contributed by atoms with Crippen LogP contribution in [0.4, 0.5) is 0 Å². The fourth-order valence-electron chi connectivity index (χ4n) is 0.993. The third kappa shape index (κ3) is 0.673. The Morgan fingerprint density at radius 2 is 2.50 bits per heavy atom. The molecule has 0 saturated carbocycles. The number of nitrogens with zero attached hydrogens (tertiary/aromatic N) is 1. The fourth-order valence-corrected chi connectivity index (χ4v) is 0.993. The number of aromatic nitrogens is 3. The van der Waals surface area contributed by atoms with Crippen LogP contribution in [0.15, 0.2) is 18.5 Å². The number of aromatic amines is 2. The predicted molar refractivity (Wildman–Crippen MR) is 37.4 cm³/mol. The molecule has 0 radical (unpaired) electrons. The predicted octanol–water partition coefficient (Wildman–Crippen LogP) is 0.685. The van der Waals surface area contributed by atoms with Gasteiger partial charge in [0.1, 0.15) is 0 Å². The Bertz CT molecular complexity index is 350. The standard InChI is InChI=1S/C7H7N3/c1-5-2-6-4-9-10-7(6)8-3-5/h2-4H,1H3,(H,8,9,10)/p+1. The van der Waals surface area contributed by atoms with Crippen LogP contribution in [-0.2, 0) is 0 Å². The van der Waals surface area contributed by atoms with Gasteiger partial charge < -0.3 is 0 Å². The summed E-state index contributed by atoms with van der Waals surface area (Å²) >= 11 is 0. The van der Waals surface area contributed by atoms with E-state index in [9.17, 15) is 0 Å². The van der Waals surface area contributed by atoms with Crippen LogP contribution in [0.5, 0.6) is 0 Å². The lowest BCUT2D eigenvalue weighted by Crippen LogP contribution is -2.02. The van der Waals surface area contributed by atoms with Crippen LogP contribution in [0.25, 0.3) is 11.0 Å². The van der Waals surface area contributed by atoms with Crippen LogP contribution >= 0.6 is 0 Å². The van der Waals surface area contributed by atoms with Gasteiger partial charge in [0.15, 0.2) is 0 Å². The Morgan fingerprint density at radius 1 is 1.60 bits per heavy atom. The summed E-state index contributed by atoms with van der Waals surface area (Å²) in [5.74, 6) is 0. The van der Waals surface area contributed by atoms with Crippen LogP contribution in [0.2, 0.25) is 0 Å². The first-order valence-electron chi connectivity index (χ1n) is 3.18. The highest BCUT2D eigenvalue weighted by molar-refractivity contribution is 5.70. The minimum atomic E-state index is 0.977. The van der Waals surface area contributed by atoms with E-state index >= 15 is 0 Å². The van der Waals surface area contributed by atoms with E-state index in [1.54, 1.807) is 6.20 Å². The van der Waals surface area contributed by atoms with Crippen molar-refractivity contribution < 1.29 is 4.98 Å². The van der Waals surface area contributed by atoms with E-state index < -0.39 is 0 Å². The van der Waals surface area contributed by atoms with E-state index in [-0.39, 0.29) is 0 Å². The maximum absolute atomic E-state index is 3.89. The molecule has 0 aromatic carbocycles. The Morgan fingerprint density at radius 3 is 3.40 bits per heavy atom. The number of hydrogen-bond donors (Lipinski definition) is 1. The molecule has 2 aromatic heterocycles. The Balaban J connectivity index is 2.86. The first kappa shape index (κ1) is 5.41. The van der Waals surface area contributed by atoms with Gasteiger partial charge in [0.25, 0.3) is 0 Å². The summed E-state index contributed by atoms with van der Waals surface area (Å²) in [4.78, 5) is 3.08. The molecule has 2 aromatic rings. The van der Waals surface area contributed by atoms with Crippen molar-refractivity contribution in [2.45, 2.75) is 6.92 Å². The highest BCUT2D eigenvalue weighted by Gasteiger charge is 2.00.